The standard InChI is InChI=1S/C13H10Cl2NO4S2/c1-21(17,18)12-4-2-3-9(13(12)15)10-7-8(14)5-6-11(10)22(16,19)20/h2-3,5-7H,1H3,(H2,16,19,20). The molecule has 0 fully saturated rings. The van der Waals surface area contributed by atoms with Crippen molar-refractivity contribution in [3.05, 3.63) is 46.4 Å². The molecule has 0 atom stereocenters. The van der Waals surface area contributed by atoms with Gasteiger partial charge >= 0.3 is 0 Å². The Morgan fingerprint density at radius 1 is 1.05 bits per heavy atom. The highest BCUT2D eigenvalue weighted by Crippen LogP contribution is 2.37. The van der Waals surface area contributed by atoms with Crippen molar-refractivity contribution in [1.29, 1.82) is 0 Å². The van der Waals surface area contributed by atoms with E-state index in [2.05, 4.69) is 6.07 Å². The van der Waals surface area contributed by atoms with Gasteiger partial charge in [-0.15, -0.1) is 0 Å². The number of sulfonamides is 1. The predicted molar refractivity (Wildman–Crippen MR) is 85.2 cm³/mol. The Kier molecular flexibility index (Phi) is 4.56. The summed E-state index contributed by atoms with van der Waals surface area (Å²) in [5.41, 5.74) is 0.311. The summed E-state index contributed by atoms with van der Waals surface area (Å²) in [6, 6.07) is 9.26. The molecule has 0 heterocycles. The summed E-state index contributed by atoms with van der Waals surface area (Å²) in [5, 5.41) is 5.29. The van der Waals surface area contributed by atoms with Gasteiger partial charge in [0.05, 0.1) is 14.8 Å². The third-order valence-corrected chi connectivity index (χ3v) is 5.58. The van der Waals surface area contributed by atoms with Crippen molar-refractivity contribution in [3.8, 4) is 11.1 Å². The summed E-state index contributed by atoms with van der Waals surface area (Å²) in [7, 11) is -7.66. The molecule has 2 aromatic rings. The summed E-state index contributed by atoms with van der Waals surface area (Å²) >= 11 is 12.0. The highest BCUT2D eigenvalue weighted by atomic mass is 35.5. The molecule has 22 heavy (non-hydrogen) atoms. The minimum Gasteiger partial charge on any atom is -0.225 e. The normalized spacial score (nSPS) is 12.4. The minimum absolute atomic E-state index is 0.124. The zero-order valence-electron chi connectivity index (χ0n) is 11.2. The molecule has 2 N–H and O–H groups in total. The van der Waals surface area contributed by atoms with Crippen molar-refractivity contribution in [2.45, 2.75) is 9.79 Å². The number of halogens is 2. The number of sulfone groups is 1. The van der Waals surface area contributed by atoms with Crippen molar-refractivity contribution in [1.82, 2.24) is 0 Å². The van der Waals surface area contributed by atoms with E-state index in [4.69, 9.17) is 28.3 Å². The molecule has 0 saturated carbocycles. The lowest BCUT2D eigenvalue weighted by Gasteiger charge is -2.12. The first-order valence-corrected chi connectivity index (χ1v) is 9.94. The van der Waals surface area contributed by atoms with Crippen LogP contribution in [0.15, 0.2) is 40.1 Å². The summed E-state index contributed by atoms with van der Waals surface area (Å²) in [5.74, 6) is 0. The zero-order valence-corrected chi connectivity index (χ0v) is 14.3. The monoisotopic (exact) mass is 378 g/mol. The van der Waals surface area contributed by atoms with Gasteiger partial charge in [0.25, 0.3) is 0 Å². The van der Waals surface area contributed by atoms with Crippen LogP contribution in [-0.4, -0.2) is 23.1 Å². The van der Waals surface area contributed by atoms with Crippen LogP contribution in [0.4, 0.5) is 0 Å². The lowest BCUT2D eigenvalue weighted by molar-refractivity contribution is 0.597. The second-order valence-electron chi connectivity index (χ2n) is 4.49. The zero-order chi connectivity index (χ0) is 16.7. The quantitative estimate of drug-likeness (QED) is 0.887. The van der Waals surface area contributed by atoms with Crippen LogP contribution in [0.2, 0.25) is 10.0 Å². The van der Waals surface area contributed by atoms with Crippen LogP contribution in [0.1, 0.15) is 0 Å². The van der Waals surface area contributed by atoms with Crippen molar-refractivity contribution in [3.63, 3.8) is 0 Å². The first kappa shape index (κ1) is 17.2. The van der Waals surface area contributed by atoms with E-state index in [0.29, 0.717) is 0 Å². The highest BCUT2D eigenvalue weighted by molar-refractivity contribution is 7.90. The van der Waals surface area contributed by atoms with Crippen LogP contribution in [0.3, 0.4) is 0 Å². The van der Waals surface area contributed by atoms with Crippen LogP contribution >= 0.6 is 23.2 Å². The summed E-state index contributed by atoms with van der Waals surface area (Å²) in [6.07, 6.45) is 0.979. The Labute approximate surface area is 138 Å². The Bertz CT molecular complexity index is 954. The van der Waals surface area contributed by atoms with E-state index in [1.165, 1.54) is 30.3 Å². The van der Waals surface area contributed by atoms with Gasteiger partial charge in [-0.1, -0.05) is 35.3 Å². The van der Waals surface area contributed by atoms with Crippen LogP contribution < -0.4 is 5.14 Å². The molecule has 117 valence electrons. The van der Waals surface area contributed by atoms with Crippen LogP contribution in [0, 0.1) is 6.07 Å². The van der Waals surface area contributed by atoms with E-state index < -0.39 is 19.9 Å². The van der Waals surface area contributed by atoms with Gasteiger partial charge in [0.15, 0.2) is 9.84 Å². The van der Waals surface area contributed by atoms with Gasteiger partial charge < -0.3 is 0 Å². The van der Waals surface area contributed by atoms with Crippen LogP contribution in [0.5, 0.6) is 0 Å². The maximum absolute atomic E-state index is 11.7. The maximum Gasteiger partial charge on any atom is 0.238 e. The van der Waals surface area contributed by atoms with E-state index in [9.17, 15) is 16.8 Å². The Balaban J connectivity index is 2.87. The van der Waals surface area contributed by atoms with Gasteiger partial charge in [0.2, 0.25) is 10.0 Å². The molecule has 1 radical (unpaired) electrons. The Hall–Kier alpha value is -1.12. The molecule has 2 aromatic carbocycles. The Morgan fingerprint density at radius 2 is 1.68 bits per heavy atom. The number of benzene rings is 2. The van der Waals surface area contributed by atoms with E-state index >= 15 is 0 Å². The third-order valence-electron chi connectivity index (χ3n) is 2.81. The van der Waals surface area contributed by atoms with Gasteiger partial charge in [-0.25, -0.2) is 22.0 Å². The van der Waals surface area contributed by atoms with Gasteiger partial charge in [0, 0.05) is 28.5 Å². The molecule has 0 saturated heterocycles. The molecule has 0 amide bonds. The van der Waals surface area contributed by atoms with Gasteiger partial charge in [-0.05, 0) is 18.2 Å². The smallest absolute Gasteiger partial charge is 0.225 e. The fraction of sp³-hybridized carbons (Fsp3) is 0.0769. The average Bonchev–Trinajstić information content (AvgIpc) is 2.36. The summed E-state index contributed by atoms with van der Waals surface area (Å²) in [4.78, 5) is -0.434. The van der Waals surface area contributed by atoms with Crippen molar-refractivity contribution < 1.29 is 16.8 Å². The van der Waals surface area contributed by atoms with Gasteiger partial charge in [0.1, 0.15) is 0 Å². The second-order valence-corrected chi connectivity index (χ2v) is 8.79. The molecule has 5 nitrogen and oxygen atoms in total. The van der Waals surface area contributed by atoms with Crippen LogP contribution in [0.25, 0.3) is 11.1 Å². The first-order valence-electron chi connectivity index (χ1n) is 5.75. The topological polar surface area (TPSA) is 94.3 Å². The molecule has 0 aliphatic carbocycles. The minimum atomic E-state index is -4.04. The number of primary sulfonamides is 1. The SMILES string of the molecule is CS(=O)(=O)c1[c]ccc(-c2cc(Cl)ccc2S(N)(=O)=O)c1Cl. The van der Waals surface area contributed by atoms with Gasteiger partial charge in [-0.3, -0.25) is 0 Å². The fourth-order valence-corrected chi connectivity index (χ4v) is 4.16. The Morgan fingerprint density at radius 3 is 2.23 bits per heavy atom. The molecular formula is C13H10Cl2NO4S2. The molecule has 0 spiro atoms. The van der Waals surface area contributed by atoms with E-state index in [1.54, 1.807) is 0 Å². The molecule has 0 aromatic heterocycles. The highest BCUT2D eigenvalue weighted by Gasteiger charge is 2.21. The van der Waals surface area contributed by atoms with Gasteiger partial charge in [-0.2, -0.15) is 0 Å². The molecular weight excluding hydrogens is 369 g/mol. The van der Waals surface area contributed by atoms with E-state index in [0.717, 1.165) is 6.26 Å². The number of rotatable bonds is 3. The molecule has 0 unspecified atom stereocenters. The molecule has 0 aliphatic heterocycles. The van der Waals surface area contributed by atoms with E-state index in [1.807, 2.05) is 0 Å². The molecule has 9 heteroatoms. The summed E-state index contributed by atoms with van der Waals surface area (Å²) in [6.45, 7) is 0. The van der Waals surface area contributed by atoms with E-state index in [-0.39, 0.29) is 31.0 Å². The average molecular weight is 379 g/mol. The number of nitrogens with two attached hydrogens (primary N) is 1. The predicted octanol–water partition coefficient (Wildman–Crippen LogP) is 2.51. The lowest BCUT2D eigenvalue weighted by atomic mass is 10.1. The van der Waals surface area contributed by atoms with Crippen LogP contribution in [-0.2, 0) is 19.9 Å². The number of hydrogen-bond acceptors (Lipinski definition) is 4. The molecule has 0 aliphatic rings. The van der Waals surface area contributed by atoms with Crippen molar-refractivity contribution in [2.24, 2.45) is 5.14 Å². The third kappa shape index (κ3) is 3.44. The fourth-order valence-electron chi connectivity index (χ4n) is 1.90. The van der Waals surface area contributed by atoms with Crippen molar-refractivity contribution in [2.75, 3.05) is 6.26 Å². The second kappa shape index (κ2) is 5.82. The summed E-state index contributed by atoms with van der Waals surface area (Å²) < 4.78 is 46.8. The largest absolute Gasteiger partial charge is 0.238 e. The maximum atomic E-state index is 11.7. The molecule has 2 rings (SSSR count). The first-order chi connectivity index (χ1) is 10.0. The number of hydrogen-bond donors (Lipinski definition) is 1. The molecule has 0 bridgehead atoms. The lowest BCUT2D eigenvalue weighted by Crippen LogP contribution is -2.13. The van der Waals surface area contributed by atoms with Crippen molar-refractivity contribution >= 4 is 43.1 Å².